The topological polar surface area (TPSA) is 58.6 Å². The van der Waals surface area contributed by atoms with Crippen molar-refractivity contribution in [2.24, 2.45) is 5.92 Å². The summed E-state index contributed by atoms with van der Waals surface area (Å²) in [6.45, 7) is 4.52. The first-order valence-corrected chi connectivity index (χ1v) is 4.03. The summed E-state index contributed by atoms with van der Waals surface area (Å²) in [6.07, 6.45) is 0. The fraction of sp³-hybridized carbons (Fsp3) is 0.875. The number of ether oxygens (including phenoxy) is 1. The lowest BCUT2D eigenvalue weighted by molar-refractivity contribution is -0.144. The fourth-order valence-corrected chi connectivity index (χ4v) is 0.743. The van der Waals surface area contributed by atoms with Crippen molar-refractivity contribution in [3.8, 4) is 0 Å². The lowest BCUT2D eigenvalue weighted by Gasteiger charge is -2.14. The summed E-state index contributed by atoms with van der Waals surface area (Å²) in [5.41, 5.74) is 0. The fourth-order valence-electron chi connectivity index (χ4n) is 0.743. The van der Waals surface area contributed by atoms with Gasteiger partial charge in [-0.25, -0.2) is 0 Å². The number of nitrogens with one attached hydrogen (secondary N) is 1. The molecule has 0 aromatic carbocycles. The number of methoxy groups -OCH3 is 1. The van der Waals surface area contributed by atoms with E-state index >= 15 is 0 Å². The van der Waals surface area contributed by atoms with Gasteiger partial charge in [-0.1, -0.05) is 13.8 Å². The second kappa shape index (κ2) is 5.97. The Bertz CT molecular complexity index is 136. The van der Waals surface area contributed by atoms with Crippen LogP contribution in [0.1, 0.15) is 13.8 Å². The first-order valence-electron chi connectivity index (χ1n) is 4.03. The molecule has 2 N–H and O–H groups in total. The minimum atomic E-state index is -0.586. The van der Waals surface area contributed by atoms with Crippen LogP contribution in [0.3, 0.4) is 0 Å². The van der Waals surface area contributed by atoms with Crippen LogP contribution in [0.25, 0.3) is 0 Å². The average Bonchev–Trinajstić information content (AvgIpc) is 2.04. The van der Waals surface area contributed by atoms with Gasteiger partial charge in [-0.2, -0.15) is 0 Å². The molecule has 72 valence electrons. The predicted molar refractivity (Wildman–Crippen MR) is 45.7 cm³/mol. The number of hydrogen-bond acceptors (Lipinski definition) is 4. The van der Waals surface area contributed by atoms with Gasteiger partial charge < -0.3 is 15.2 Å². The Balaban J connectivity index is 3.75. The van der Waals surface area contributed by atoms with E-state index in [2.05, 4.69) is 10.1 Å². The molecule has 0 heterocycles. The Labute approximate surface area is 72.9 Å². The summed E-state index contributed by atoms with van der Waals surface area (Å²) >= 11 is 0. The van der Waals surface area contributed by atoms with Crippen molar-refractivity contribution in [2.75, 3.05) is 20.3 Å². The van der Waals surface area contributed by atoms with E-state index in [4.69, 9.17) is 5.11 Å². The molecule has 0 rings (SSSR count). The molecule has 1 atom stereocenters. The molecule has 0 aromatic heterocycles. The molecule has 0 radical (unpaired) electrons. The molecule has 4 heteroatoms. The summed E-state index contributed by atoms with van der Waals surface area (Å²) in [7, 11) is 1.31. The maximum absolute atomic E-state index is 10.9. The van der Waals surface area contributed by atoms with E-state index in [1.54, 1.807) is 0 Å². The van der Waals surface area contributed by atoms with E-state index in [0.29, 0.717) is 12.5 Å². The van der Waals surface area contributed by atoms with Gasteiger partial charge in [-0.15, -0.1) is 0 Å². The maximum atomic E-state index is 10.9. The Kier molecular flexibility index (Phi) is 5.66. The first kappa shape index (κ1) is 11.4. The van der Waals surface area contributed by atoms with Gasteiger partial charge in [0.1, 0.15) is 6.04 Å². The number of carbonyl (C=O) groups is 1. The van der Waals surface area contributed by atoms with Gasteiger partial charge in [0.25, 0.3) is 0 Å². The zero-order valence-corrected chi connectivity index (χ0v) is 7.83. The minimum absolute atomic E-state index is 0.223. The largest absolute Gasteiger partial charge is 0.468 e. The molecular formula is C8H17NO3. The highest BCUT2D eigenvalue weighted by molar-refractivity contribution is 5.75. The van der Waals surface area contributed by atoms with Gasteiger partial charge in [0.15, 0.2) is 0 Å². The van der Waals surface area contributed by atoms with Crippen LogP contribution in [0.4, 0.5) is 0 Å². The molecule has 0 aliphatic carbocycles. The third-order valence-electron chi connectivity index (χ3n) is 1.44. The number of hydrogen-bond donors (Lipinski definition) is 2. The van der Waals surface area contributed by atoms with Gasteiger partial charge >= 0.3 is 5.97 Å². The Morgan fingerprint density at radius 3 is 2.50 bits per heavy atom. The lowest BCUT2D eigenvalue weighted by atomic mass is 10.2. The Morgan fingerprint density at radius 2 is 2.17 bits per heavy atom. The number of carbonyl (C=O) groups excluding carboxylic acids is 1. The molecule has 0 bridgehead atoms. The number of rotatable bonds is 5. The second-order valence-corrected chi connectivity index (χ2v) is 3.06. The molecule has 0 amide bonds. The highest BCUT2D eigenvalue weighted by Gasteiger charge is 2.16. The van der Waals surface area contributed by atoms with Crippen molar-refractivity contribution in [3.05, 3.63) is 0 Å². The molecule has 0 fully saturated rings. The van der Waals surface area contributed by atoms with Crippen LogP contribution in [0, 0.1) is 5.92 Å². The van der Waals surface area contributed by atoms with Crippen molar-refractivity contribution in [1.29, 1.82) is 0 Å². The van der Waals surface area contributed by atoms with Crippen LogP contribution in [0.15, 0.2) is 0 Å². The summed E-state index contributed by atoms with van der Waals surface area (Å²) in [5, 5.41) is 11.7. The summed E-state index contributed by atoms with van der Waals surface area (Å²) in [4.78, 5) is 10.9. The molecule has 0 saturated carbocycles. The Morgan fingerprint density at radius 1 is 1.58 bits per heavy atom. The van der Waals surface area contributed by atoms with E-state index in [1.807, 2.05) is 13.8 Å². The monoisotopic (exact) mass is 175 g/mol. The van der Waals surface area contributed by atoms with E-state index in [1.165, 1.54) is 7.11 Å². The van der Waals surface area contributed by atoms with Crippen LogP contribution in [-0.4, -0.2) is 37.4 Å². The molecular weight excluding hydrogens is 158 g/mol. The third-order valence-corrected chi connectivity index (χ3v) is 1.44. The zero-order valence-electron chi connectivity index (χ0n) is 7.83. The van der Waals surface area contributed by atoms with Crippen LogP contribution < -0.4 is 5.32 Å². The van der Waals surface area contributed by atoms with Gasteiger partial charge in [-0.05, 0) is 12.5 Å². The van der Waals surface area contributed by atoms with Crippen molar-refractivity contribution >= 4 is 5.97 Å². The number of aliphatic hydroxyl groups excluding tert-OH is 1. The summed E-state index contributed by atoms with van der Waals surface area (Å²) in [5.74, 6) is 0.0295. The van der Waals surface area contributed by atoms with E-state index < -0.39 is 12.0 Å². The SMILES string of the molecule is COC(=O)[C@H](CO)NCC(C)C. The molecule has 0 aliphatic heterocycles. The number of esters is 1. The van der Waals surface area contributed by atoms with Crippen molar-refractivity contribution < 1.29 is 14.6 Å². The molecule has 0 saturated heterocycles. The van der Waals surface area contributed by atoms with Gasteiger partial charge in [0, 0.05) is 0 Å². The van der Waals surface area contributed by atoms with E-state index in [0.717, 1.165) is 0 Å². The first-order chi connectivity index (χ1) is 5.61. The second-order valence-electron chi connectivity index (χ2n) is 3.06. The van der Waals surface area contributed by atoms with Gasteiger partial charge in [0.2, 0.25) is 0 Å². The van der Waals surface area contributed by atoms with Crippen molar-refractivity contribution in [2.45, 2.75) is 19.9 Å². The summed E-state index contributed by atoms with van der Waals surface area (Å²) < 4.78 is 4.47. The van der Waals surface area contributed by atoms with Crippen LogP contribution in [0.2, 0.25) is 0 Å². The average molecular weight is 175 g/mol. The molecule has 0 spiro atoms. The van der Waals surface area contributed by atoms with Crippen LogP contribution in [0.5, 0.6) is 0 Å². The quantitative estimate of drug-likeness (QED) is 0.566. The van der Waals surface area contributed by atoms with E-state index in [-0.39, 0.29) is 6.61 Å². The third kappa shape index (κ3) is 4.31. The van der Waals surface area contributed by atoms with Crippen molar-refractivity contribution in [3.63, 3.8) is 0 Å². The standard InChI is InChI=1S/C8H17NO3/c1-6(2)4-9-7(5-10)8(11)12-3/h6-7,9-10H,4-5H2,1-3H3/t7-/m0/s1. The Hall–Kier alpha value is -0.610. The minimum Gasteiger partial charge on any atom is -0.468 e. The van der Waals surface area contributed by atoms with E-state index in [9.17, 15) is 4.79 Å². The lowest BCUT2D eigenvalue weighted by Crippen LogP contribution is -2.42. The summed E-state index contributed by atoms with van der Waals surface area (Å²) in [6, 6.07) is -0.586. The number of aliphatic hydroxyl groups is 1. The van der Waals surface area contributed by atoms with Gasteiger partial charge in [0.05, 0.1) is 13.7 Å². The van der Waals surface area contributed by atoms with Gasteiger partial charge in [-0.3, -0.25) is 4.79 Å². The molecule has 0 aromatic rings. The predicted octanol–water partition coefficient (Wildman–Crippen LogP) is -0.234. The smallest absolute Gasteiger partial charge is 0.325 e. The zero-order chi connectivity index (χ0) is 9.56. The molecule has 4 nitrogen and oxygen atoms in total. The normalized spacial score (nSPS) is 13.1. The highest BCUT2D eigenvalue weighted by Crippen LogP contribution is 1.91. The maximum Gasteiger partial charge on any atom is 0.325 e. The molecule has 0 aliphatic rings. The highest BCUT2D eigenvalue weighted by atomic mass is 16.5. The molecule has 0 unspecified atom stereocenters. The van der Waals surface area contributed by atoms with Crippen molar-refractivity contribution in [1.82, 2.24) is 5.32 Å². The molecule has 12 heavy (non-hydrogen) atoms. The van der Waals surface area contributed by atoms with Crippen LogP contribution in [-0.2, 0) is 9.53 Å². The van der Waals surface area contributed by atoms with Crippen LogP contribution >= 0.6 is 0 Å².